The van der Waals surface area contributed by atoms with E-state index in [1.807, 2.05) is 4.90 Å². The lowest BCUT2D eigenvalue weighted by Gasteiger charge is -2.31. The Kier molecular flexibility index (Phi) is 5.93. The van der Waals surface area contributed by atoms with Crippen LogP contribution in [0, 0.1) is 5.92 Å². The molecule has 9 heteroatoms. The summed E-state index contributed by atoms with van der Waals surface area (Å²) >= 11 is 0. The monoisotopic (exact) mass is 385 g/mol. The highest BCUT2D eigenvalue weighted by molar-refractivity contribution is 5.91. The molecule has 2 aromatic rings. The summed E-state index contributed by atoms with van der Waals surface area (Å²) in [7, 11) is 0. The molecule has 0 atom stereocenters. The molecular weight excluding hydrogens is 362 g/mol. The molecule has 2 heterocycles. The van der Waals surface area contributed by atoms with E-state index in [9.17, 15) is 9.59 Å². The number of aromatic nitrogens is 2. The first-order valence-corrected chi connectivity index (χ1v) is 9.12. The molecule has 1 aliphatic rings. The molecule has 1 fully saturated rings. The third-order valence-corrected chi connectivity index (χ3v) is 4.64. The van der Waals surface area contributed by atoms with E-state index in [2.05, 4.69) is 15.3 Å². The fourth-order valence-corrected chi connectivity index (χ4v) is 3.15. The number of carboxylic acid groups (broad SMARTS) is 1. The van der Waals surface area contributed by atoms with Crippen molar-refractivity contribution in [2.75, 3.05) is 35.6 Å². The molecule has 148 valence electrons. The fraction of sp³-hybridized carbons (Fsp3) is 0.368. The Hall–Kier alpha value is -3.36. The van der Waals surface area contributed by atoms with Gasteiger partial charge in [-0.2, -0.15) is 0 Å². The Morgan fingerprint density at radius 1 is 1.32 bits per heavy atom. The van der Waals surface area contributed by atoms with Gasteiger partial charge in [-0.05, 0) is 38.0 Å². The number of nitrogens with two attached hydrogens (primary N) is 1. The molecule has 1 saturated heterocycles. The topological polar surface area (TPSA) is 131 Å². The van der Waals surface area contributed by atoms with Crippen LogP contribution in [0.3, 0.4) is 0 Å². The predicted octanol–water partition coefficient (Wildman–Crippen LogP) is 2.28. The first kappa shape index (κ1) is 19.4. The Morgan fingerprint density at radius 2 is 2.07 bits per heavy atom. The van der Waals surface area contributed by atoms with E-state index in [-0.39, 0.29) is 5.92 Å². The summed E-state index contributed by atoms with van der Waals surface area (Å²) in [5.41, 5.74) is 7.71. The van der Waals surface area contributed by atoms with Crippen molar-refractivity contribution < 1.29 is 19.4 Å². The van der Waals surface area contributed by atoms with E-state index in [0.717, 1.165) is 0 Å². The molecule has 4 N–H and O–H groups in total. The molecular formula is C19H23N5O4. The molecule has 0 radical (unpaired) electrons. The van der Waals surface area contributed by atoms with Crippen molar-refractivity contribution in [2.45, 2.75) is 19.8 Å². The van der Waals surface area contributed by atoms with E-state index >= 15 is 0 Å². The number of nitrogen functional groups attached to an aromatic ring is 1. The maximum atomic E-state index is 11.9. The zero-order valence-electron chi connectivity index (χ0n) is 15.6. The van der Waals surface area contributed by atoms with E-state index in [1.54, 1.807) is 31.2 Å². The van der Waals surface area contributed by atoms with Gasteiger partial charge in [0.05, 0.1) is 18.1 Å². The van der Waals surface area contributed by atoms with Crippen LogP contribution >= 0.6 is 0 Å². The third-order valence-electron chi connectivity index (χ3n) is 4.64. The Labute approximate surface area is 162 Å². The second-order valence-electron chi connectivity index (χ2n) is 6.49. The highest BCUT2D eigenvalue weighted by Crippen LogP contribution is 2.31. The number of esters is 1. The van der Waals surface area contributed by atoms with Gasteiger partial charge in [-0.25, -0.2) is 14.8 Å². The number of benzene rings is 1. The molecule has 0 spiro atoms. The van der Waals surface area contributed by atoms with Crippen molar-refractivity contribution in [3.8, 4) is 0 Å². The summed E-state index contributed by atoms with van der Waals surface area (Å²) < 4.78 is 5.02. The predicted molar refractivity (Wildman–Crippen MR) is 105 cm³/mol. The molecule has 0 saturated carbocycles. The molecule has 1 aromatic carbocycles. The Morgan fingerprint density at radius 3 is 2.75 bits per heavy atom. The van der Waals surface area contributed by atoms with Crippen molar-refractivity contribution in [3.05, 3.63) is 36.2 Å². The smallest absolute Gasteiger partial charge is 0.338 e. The number of anilines is 4. The first-order chi connectivity index (χ1) is 13.5. The maximum absolute atomic E-state index is 11.9. The number of piperidine rings is 1. The Bertz CT molecular complexity index is 865. The average molecular weight is 385 g/mol. The lowest BCUT2D eigenvalue weighted by molar-refractivity contribution is -0.142. The summed E-state index contributed by atoms with van der Waals surface area (Å²) in [6.45, 7) is 3.19. The first-order valence-electron chi connectivity index (χ1n) is 9.12. The average Bonchev–Trinajstić information content (AvgIpc) is 2.70. The second-order valence-corrected chi connectivity index (χ2v) is 6.49. The second kappa shape index (κ2) is 8.55. The highest BCUT2D eigenvalue weighted by Gasteiger charge is 2.26. The minimum Gasteiger partial charge on any atom is -0.481 e. The highest BCUT2D eigenvalue weighted by atomic mass is 16.5. The van der Waals surface area contributed by atoms with Gasteiger partial charge in [0.15, 0.2) is 11.6 Å². The van der Waals surface area contributed by atoms with Gasteiger partial charge in [-0.3, -0.25) is 4.79 Å². The number of nitrogens with one attached hydrogen (secondary N) is 1. The summed E-state index contributed by atoms with van der Waals surface area (Å²) in [6.07, 6.45) is 2.50. The number of carboxylic acids is 1. The molecule has 3 rings (SSSR count). The number of carbonyl (C=O) groups excluding carboxylic acids is 1. The van der Waals surface area contributed by atoms with Crippen molar-refractivity contribution in [1.29, 1.82) is 0 Å². The van der Waals surface area contributed by atoms with Crippen LogP contribution in [0.2, 0.25) is 0 Å². The van der Waals surface area contributed by atoms with Crippen LogP contribution in [0.4, 0.5) is 23.0 Å². The minimum atomic E-state index is -0.765. The van der Waals surface area contributed by atoms with Crippen molar-refractivity contribution in [3.63, 3.8) is 0 Å². The van der Waals surface area contributed by atoms with Crippen LogP contribution in [0.15, 0.2) is 30.6 Å². The van der Waals surface area contributed by atoms with Crippen LogP contribution < -0.4 is 16.0 Å². The number of nitrogens with zero attached hydrogens (tertiary/aromatic N) is 3. The number of hydrogen-bond donors (Lipinski definition) is 3. The summed E-state index contributed by atoms with van der Waals surface area (Å²) in [4.78, 5) is 33.5. The molecule has 0 aliphatic carbocycles. The number of carbonyl (C=O) groups is 2. The van der Waals surface area contributed by atoms with Crippen molar-refractivity contribution in [2.24, 2.45) is 5.92 Å². The lowest BCUT2D eigenvalue weighted by Crippen LogP contribution is -2.37. The molecule has 0 amide bonds. The largest absolute Gasteiger partial charge is 0.481 e. The van der Waals surface area contributed by atoms with Crippen LogP contribution in [-0.4, -0.2) is 46.7 Å². The normalized spacial score (nSPS) is 14.5. The molecule has 0 unspecified atom stereocenters. The quantitative estimate of drug-likeness (QED) is 0.641. The van der Waals surface area contributed by atoms with Gasteiger partial charge >= 0.3 is 11.9 Å². The summed E-state index contributed by atoms with van der Waals surface area (Å²) in [5, 5.41) is 12.3. The number of aliphatic carboxylic acids is 1. The van der Waals surface area contributed by atoms with Gasteiger partial charge in [-0.15, -0.1) is 0 Å². The minimum absolute atomic E-state index is 0.303. The fourth-order valence-electron chi connectivity index (χ4n) is 3.15. The van der Waals surface area contributed by atoms with Crippen LogP contribution in [0.1, 0.15) is 30.1 Å². The van der Waals surface area contributed by atoms with Crippen LogP contribution in [0.5, 0.6) is 0 Å². The van der Waals surface area contributed by atoms with E-state index in [1.165, 1.54) is 6.33 Å². The number of hydrogen-bond acceptors (Lipinski definition) is 8. The molecule has 0 bridgehead atoms. The summed E-state index contributed by atoms with van der Waals surface area (Å²) in [6, 6.07) is 6.87. The van der Waals surface area contributed by atoms with Crippen molar-refractivity contribution in [1.82, 2.24) is 9.97 Å². The molecule has 28 heavy (non-hydrogen) atoms. The lowest BCUT2D eigenvalue weighted by atomic mass is 9.97. The maximum Gasteiger partial charge on any atom is 0.338 e. The molecule has 1 aromatic heterocycles. The van der Waals surface area contributed by atoms with Gasteiger partial charge in [0.25, 0.3) is 0 Å². The van der Waals surface area contributed by atoms with Gasteiger partial charge in [0.1, 0.15) is 12.0 Å². The van der Waals surface area contributed by atoms with Gasteiger partial charge in [0, 0.05) is 18.8 Å². The molecule has 1 aliphatic heterocycles. The van der Waals surface area contributed by atoms with Gasteiger partial charge in [0.2, 0.25) is 0 Å². The van der Waals surface area contributed by atoms with Gasteiger partial charge < -0.3 is 25.8 Å². The standard InChI is InChI=1S/C19H23N5O4/c1-2-28-19(27)13-4-3-5-14(10-13)23-16-15(20)17(22-11-21-16)24-8-6-12(7-9-24)18(25)26/h3-5,10-12H,2,6-9,20H2,1H3,(H,25,26)(H,21,22,23). The van der Waals surface area contributed by atoms with E-state index < -0.39 is 11.9 Å². The number of ether oxygens (including phenoxy) is 1. The van der Waals surface area contributed by atoms with Crippen molar-refractivity contribution >= 4 is 34.9 Å². The van der Waals surface area contributed by atoms with Gasteiger partial charge in [-0.1, -0.05) is 6.07 Å². The third kappa shape index (κ3) is 4.30. The van der Waals surface area contributed by atoms with Crippen LogP contribution in [0.25, 0.3) is 0 Å². The molecule has 9 nitrogen and oxygen atoms in total. The Balaban J connectivity index is 1.76. The zero-order valence-corrected chi connectivity index (χ0v) is 15.6. The SMILES string of the molecule is CCOC(=O)c1cccc(Nc2ncnc(N3CCC(C(=O)O)CC3)c2N)c1. The van der Waals surface area contributed by atoms with E-state index in [0.29, 0.717) is 61.1 Å². The summed E-state index contributed by atoms with van der Waals surface area (Å²) in [5.74, 6) is -0.500. The van der Waals surface area contributed by atoms with Crippen LogP contribution in [-0.2, 0) is 9.53 Å². The zero-order chi connectivity index (χ0) is 20.1. The number of rotatable bonds is 6. The van der Waals surface area contributed by atoms with E-state index in [4.69, 9.17) is 15.6 Å².